The van der Waals surface area contributed by atoms with Crippen molar-refractivity contribution in [1.82, 2.24) is 9.88 Å². The zero-order valence-electron chi connectivity index (χ0n) is 16.4. The van der Waals surface area contributed by atoms with E-state index in [4.69, 9.17) is 0 Å². The van der Waals surface area contributed by atoms with Crippen molar-refractivity contribution in [2.45, 2.75) is 6.42 Å². The summed E-state index contributed by atoms with van der Waals surface area (Å²) < 4.78 is 14.9. The second-order valence-corrected chi connectivity index (χ2v) is 8.26. The predicted molar refractivity (Wildman–Crippen MR) is 118 cm³/mol. The fraction of sp³-hybridized carbons (Fsp3) is 0.217. The monoisotopic (exact) mass is 407 g/mol. The normalized spacial score (nSPS) is 11.4. The molecule has 4 rings (SSSR count). The lowest BCUT2D eigenvalue weighted by Gasteiger charge is -2.22. The van der Waals surface area contributed by atoms with Gasteiger partial charge in [0.05, 0.1) is 11.1 Å². The molecule has 0 N–H and O–H groups in total. The number of likely N-dealkylation sites (N-methyl/N-ethyl adjacent to an activating group) is 1. The first kappa shape index (κ1) is 19.5. The highest BCUT2D eigenvalue weighted by atomic mass is 32.1. The Hall–Kier alpha value is -2.83. The second kappa shape index (κ2) is 8.27. The predicted octanol–water partition coefficient (Wildman–Crippen LogP) is 4.73. The first-order chi connectivity index (χ1) is 14.0. The number of rotatable bonds is 6. The molecule has 0 saturated carbocycles. The molecular formula is C23H22FN3OS. The van der Waals surface area contributed by atoms with Crippen LogP contribution in [0.2, 0.25) is 0 Å². The summed E-state index contributed by atoms with van der Waals surface area (Å²) in [6.45, 7) is 1.19. The minimum absolute atomic E-state index is 0.0392. The Bertz CT molecular complexity index is 1170. The van der Waals surface area contributed by atoms with E-state index in [1.165, 1.54) is 17.4 Å². The van der Waals surface area contributed by atoms with Gasteiger partial charge in [-0.05, 0) is 42.6 Å². The summed E-state index contributed by atoms with van der Waals surface area (Å²) >= 11 is 1.35. The molecule has 4 aromatic rings. The Morgan fingerprint density at radius 3 is 2.55 bits per heavy atom. The van der Waals surface area contributed by atoms with Gasteiger partial charge in [-0.2, -0.15) is 0 Å². The molecule has 0 aliphatic heterocycles. The number of aromatic nitrogens is 1. The van der Waals surface area contributed by atoms with Crippen LogP contribution >= 0.6 is 11.3 Å². The van der Waals surface area contributed by atoms with Gasteiger partial charge in [0.15, 0.2) is 5.13 Å². The first-order valence-corrected chi connectivity index (χ1v) is 10.3. The van der Waals surface area contributed by atoms with Gasteiger partial charge in [-0.15, -0.1) is 0 Å². The van der Waals surface area contributed by atoms with Gasteiger partial charge in [-0.25, -0.2) is 9.37 Å². The minimum atomic E-state index is -0.362. The number of benzene rings is 3. The van der Waals surface area contributed by atoms with Gasteiger partial charge in [-0.3, -0.25) is 9.69 Å². The molecule has 0 unspecified atom stereocenters. The number of amides is 1. The average molecular weight is 408 g/mol. The largest absolute Gasteiger partial charge is 0.308 e. The number of carbonyl (C=O) groups is 1. The summed E-state index contributed by atoms with van der Waals surface area (Å²) in [5.74, 6) is -0.401. The van der Waals surface area contributed by atoms with Crippen molar-refractivity contribution in [2.75, 3.05) is 32.1 Å². The quantitative estimate of drug-likeness (QED) is 0.464. The van der Waals surface area contributed by atoms with E-state index in [0.29, 0.717) is 23.7 Å². The molecule has 4 nitrogen and oxygen atoms in total. The molecule has 0 radical (unpaired) electrons. The smallest absolute Gasteiger partial charge is 0.233 e. The summed E-state index contributed by atoms with van der Waals surface area (Å²) in [5.41, 5.74) is 1.30. The molecule has 0 bridgehead atoms. The molecule has 0 spiro atoms. The zero-order chi connectivity index (χ0) is 20.4. The Morgan fingerprint density at radius 2 is 1.76 bits per heavy atom. The molecule has 0 aliphatic carbocycles. The maximum Gasteiger partial charge on any atom is 0.233 e. The van der Waals surface area contributed by atoms with Gasteiger partial charge in [0, 0.05) is 13.1 Å². The van der Waals surface area contributed by atoms with Crippen molar-refractivity contribution in [3.8, 4) is 0 Å². The topological polar surface area (TPSA) is 36.4 Å². The number of carbonyl (C=O) groups excluding carboxylic acids is 1. The summed E-state index contributed by atoms with van der Waals surface area (Å²) in [5, 5.41) is 2.73. The van der Waals surface area contributed by atoms with Crippen LogP contribution in [0.5, 0.6) is 0 Å². The lowest BCUT2D eigenvalue weighted by molar-refractivity contribution is -0.118. The minimum Gasteiger partial charge on any atom is -0.308 e. The van der Waals surface area contributed by atoms with Crippen molar-refractivity contribution >= 4 is 43.4 Å². The zero-order valence-corrected chi connectivity index (χ0v) is 17.2. The second-order valence-electron chi connectivity index (χ2n) is 7.25. The molecule has 3 aromatic carbocycles. The van der Waals surface area contributed by atoms with E-state index in [-0.39, 0.29) is 18.1 Å². The number of para-hydroxylation sites is 1. The standard InChI is InChI=1S/C23H22FN3OS/c1-26(2)13-14-27(23-25-22-19(24)11-6-12-20(22)29-23)21(28)15-17-9-5-8-16-7-3-4-10-18(16)17/h3-12H,13-15H2,1-2H3. The number of halogens is 1. The molecule has 29 heavy (non-hydrogen) atoms. The molecule has 148 valence electrons. The van der Waals surface area contributed by atoms with Gasteiger partial charge in [-0.1, -0.05) is 59.9 Å². The van der Waals surface area contributed by atoms with E-state index in [0.717, 1.165) is 21.0 Å². The van der Waals surface area contributed by atoms with Crippen LogP contribution in [0.1, 0.15) is 5.56 Å². The van der Waals surface area contributed by atoms with Gasteiger partial charge < -0.3 is 4.90 Å². The van der Waals surface area contributed by atoms with Crippen molar-refractivity contribution in [1.29, 1.82) is 0 Å². The Labute approximate surface area is 173 Å². The molecule has 0 atom stereocenters. The van der Waals surface area contributed by atoms with Crippen molar-refractivity contribution in [2.24, 2.45) is 0 Å². The fourth-order valence-corrected chi connectivity index (χ4v) is 4.37. The molecular weight excluding hydrogens is 385 g/mol. The number of hydrogen-bond donors (Lipinski definition) is 0. The number of hydrogen-bond acceptors (Lipinski definition) is 4. The molecule has 1 heterocycles. The van der Waals surface area contributed by atoms with Gasteiger partial charge in [0.1, 0.15) is 11.3 Å². The molecule has 0 aliphatic rings. The maximum atomic E-state index is 14.1. The molecule has 1 aromatic heterocycles. The first-order valence-electron chi connectivity index (χ1n) is 9.50. The Kier molecular flexibility index (Phi) is 5.56. The van der Waals surface area contributed by atoms with Crippen molar-refractivity contribution < 1.29 is 9.18 Å². The van der Waals surface area contributed by atoms with Crippen molar-refractivity contribution in [3.63, 3.8) is 0 Å². The van der Waals surface area contributed by atoms with E-state index in [9.17, 15) is 9.18 Å². The Morgan fingerprint density at radius 1 is 1.00 bits per heavy atom. The maximum absolute atomic E-state index is 14.1. The Balaban J connectivity index is 1.68. The fourth-order valence-electron chi connectivity index (χ4n) is 3.35. The third kappa shape index (κ3) is 4.13. The summed E-state index contributed by atoms with van der Waals surface area (Å²) in [6, 6.07) is 19.0. The van der Waals surface area contributed by atoms with Crippen LogP contribution in [-0.4, -0.2) is 43.0 Å². The summed E-state index contributed by atoms with van der Waals surface area (Å²) in [4.78, 5) is 21.5. The highest BCUT2D eigenvalue weighted by molar-refractivity contribution is 7.22. The number of thiazole rings is 1. The third-order valence-corrected chi connectivity index (χ3v) is 5.93. The lowest BCUT2D eigenvalue weighted by atomic mass is 10.0. The number of fused-ring (bicyclic) bond motifs is 2. The van der Waals surface area contributed by atoms with E-state index in [2.05, 4.69) is 4.98 Å². The highest BCUT2D eigenvalue weighted by Crippen LogP contribution is 2.31. The van der Waals surface area contributed by atoms with E-state index in [1.54, 1.807) is 11.0 Å². The molecule has 0 saturated heterocycles. The molecule has 1 amide bonds. The van der Waals surface area contributed by atoms with Crippen molar-refractivity contribution in [3.05, 3.63) is 72.0 Å². The third-order valence-electron chi connectivity index (χ3n) is 4.88. The average Bonchev–Trinajstić information content (AvgIpc) is 3.13. The van der Waals surface area contributed by atoms with E-state index in [1.807, 2.05) is 67.5 Å². The lowest BCUT2D eigenvalue weighted by Crippen LogP contribution is -2.37. The van der Waals surface area contributed by atoms with E-state index < -0.39 is 0 Å². The summed E-state index contributed by atoms with van der Waals surface area (Å²) in [6.07, 6.45) is 0.271. The van der Waals surface area contributed by atoms with Gasteiger partial charge in [0.25, 0.3) is 0 Å². The SMILES string of the molecule is CN(C)CCN(C(=O)Cc1cccc2ccccc12)c1nc2c(F)cccc2s1. The highest BCUT2D eigenvalue weighted by Gasteiger charge is 2.21. The van der Waals surface area contributed by atoms with Gasteiger partial charge in [0.2, 0.25) is 5.91 Å². The van der Waals surface area contributed by atoms with Crippen LogP contribution in [-0.2, 0) is 11.2 Å². The van der Waals surface area contributed by atoms with Crippen LogP contribution in [0.15, 0.2) is 60.7 Å². The van der Waals surface area contributed by atoms with Crippen LogP contribution in [0.4, 0.5) is 9.52 Å². The number of anilines is 1. The van der Waals surface area contributed by atoms with Crippen LogP contribution in [0.3, 0.4) is 0 Å². The van der Waals surface area contributed by atoms with Crippen LogP contribution in [0, 0.1) is 5.82 Å². The van der Waals surface area contributed by atoms with Gasteiger partial charge >= 0.3 is 0 Å². The van der Waals surface area contributed by atoms with Crippen LogP contribution in [0.25, 0.3) is 21.0 Å². The van der Waals surface area contributed by atoms with E-state index >= 15 is 0 Å². The number of nitrogens with zero attached hydrogens (tertiary/aromatic N) is 3. The summed E-state index contributed by atoms with van der Waals surface area (Å²) in [7, 11) is 3.93. The molecule has 0 fully saturated rings. The molecule has 6 heteroatoms. The van der Waals surface area contributed by atoms with Crippen LogP contribution < -0.4 is 4.90 Å².